The van der Waals surface area contributed by atoms with Gasteiger partial charge in [-0.2, -0.15) is 0 Å². The molecule has 0 aliphatic rings. The Bertz CT molecular complexity index is 840. The van der Waals surface area contributed by atoms with Crippen LogP contribution in [-0.2, 0) is 7.05 Å². The number of hydrogen-bond donors (Lipinski definition) is 2. The minimum atomic E-state index is -1.11. The molecular weight excluding hydrogens is 250 g/mol. The monoisotopic (exact) mass is 259 g/mol. The number of imidazole rings is 1. The lowest BCUT2D eigenvalue weighted by molar-refractivity contribution is 0.0692. The molecule has 7 heteroatoms. The number of carbonyl (C=O) groups is 1. The smallest absolute Gasteiger partial charge is 0.417 e. The molecule has 0 amide bonds. The Morgan fingerprint density at radius 2 is 2.26 bits per heavy atom. The maximum absolute atomic E-state index is 11.1. The van der Waals surface area contributed by atoms with Crippen LogP contribution < -0.4 is 5.76 Å². The lowest BCUT2D eigenvalue weighted by atomic mass is 10.1. The van der Waals surface area contributed by atoms with E-state index in [0.717, 1.165) is 0 Å². The molecular formula is C12H9N3O4. The number of aromatic nitrogens is 3. The van der Waals surface area contributed by atoms with E-state index in [0.29, 0.717) is 22.4 Å². The standard InChI is InChI=1S/C12H9N3O4/c1-15-5-13-9(11(16)17)10(15)6-2-3-7-8(4-6)19-12(18)14-7/h2-5H,1H3,(H,14,18)(H,16,17). The molecule has 0 unspecified atom stereocenters. The summed E-state index contributed by atoms with van der Waals surface area (Å²) in [6.45, 7) is 0. The third kappa shape index (κ3) is 1.71. The van der Waals surface area contributed by atoms with Crippen molar-refractivity contribution in [2.24, 2.45) is 7.05 Å². The topological polar surface area (TPSA) is 101 Å². The van der Waals surface area contributed by atoms with Crippen molar-refractivity contribution in [2.45, 2.75) is 0 Å². The van der Waals surface area contributed by atoms with Gasteiger partial charge in [0.05, 0.1) is 17.5 Å². The number of nitrogens with zero attached hydrogens (tertiary/aromatic N) is 2. The summed E-state index contributed by atoms with van der Waals surface area (Å²) in [6.07, 6.45) is 1.43. The number of carboxylic acid groups (broad SMARTS) is 1. The highest BCUT2D eigenvalue weighted by Gasteiger charge is 2.18. The summed E-state index contributed by atoms with van der Waals surface area (Å²) >= 11 is 0. The fourth-order valence-corrected chi connectivity index (χ4v) is 2.02. The highest BCUT2D eigenvalue weighted by molar-refractivity contribution is 5.94. The van der Waals surface area contributed by atoms with Crippen molar-refractivity contribution in [2.75, 3.05) is 0 Å². The molecule has 0 aliphatic heterocycles. The van der Waals surface area contributed by atoms with Gasteiger partial charge in [-0.15, -0.1) is 0 Å². The highest BCUT2D eigenvalue weighted by atomic mass is 16.4. The summed E-state index contributed by atoms with van der Waals surface area (Å²) in [7, 11) is 1.70. The van der Waals surface area contributed by atoms with Gasteiger partial charge in [0.15, 0.2) is 11.3 Å². The molecule has 0 radical (unpaired) electrons. The van der Waals surface area contributed by atoms with Gasteiger partial charge in [-0.3, -0.25) is 4.98 Å². The zero-order chi connectivity index (χ0) is 13.6. The zero-order valence-corrected chi connectivity index (χ0v) is 9.88. The zero-order valence-electron chi connectivity index (χ0n) is 9.88. The normalized spacial score (nSPS) is 11.0. The molecule has 2 N–H and O–H groups in total. The summed E-state index contributed by atoms with van der Waals surface area (Å²) in [4.78, 5) is 28.6. The van der Waals surface area contributed by atoms with Crippen molar-refractivity contribution in [1.82, 2.24) is 14.5 Å². The number of H-pyrrole nitrogens is 1. The molecule has 0 aliphatic carbocycles. The number of oxazole rings is 1. The van der Waals surface area contributed by atoms with Gasteiger partial charge in [0, 0.05) is 12.6 Å². The Morgan fingerprint density at radius 1 is 1.47 bits per heavy atom. The fourth-order valence-electron chi connectivity index (χ4n) is 2.02. The quantitative estimate of drug-likeness (QED) is 0.720. The third-order valence-electron chi connectivity index (χ3n) is 2.83. The number of fused-ring (bicyclic) bond motifs is 1. The second kappa shape index (κ2) is 3.84. The van der Waals surface area contributed by atoms with Gasteiger partial charge in [-0.05, 0) is 12.1 Å². The average Bonchev–Trinajstić information content (AvgIpc) is 2.89. The van der Waals surface area contributed by atoms with Crippen molar-refractivity contribution in [3.63, 3.8) is 0 Å². The molecule has 0 atom stereocenters. The molecule has 1 aromatic carbocycles. The summed E-state index contributed by atoms with van der Waals surface area (Å²) in [6, 6.07) is 4.97. The second-order valence-corrected chi connectivity index (χ2v) is 4.08. The Balaban J connectivity index is 2.26. The molecule has 3 rings (SSSR count). The lowest BCUT2D eigenvalue weighted by Gasteiger charge is -2.03. The molecule has 0 fully saturated rings. The van der Waals surface area contributed by atoms with Crippen molar-refractivity contribution in [3.8, 4) is 11.3 Å². The van der Waals surface area contributed by atoms with Crippen molar-refractivity contribution in [1.29, 1.82) is 0 Å². The molecule has 2 heterocycles. The van der Waals surface area contributed by atoms with Crippen LogP contribution in [-0.4, -0.2) is 25.6 Å². The number of nitrogens with one attached hydrogen (secondary N) is 1. The first-order valence-corrected chi connectivity index (χ1v) is 5.44. The molecule has 96 valence electrons. The number of carboxylic acids is 1. The molecule has 3 aromatic rings. The second-order valence-electron chi connectivity index (χ2n) is 4.08. The molecule has 2 aromatic heterocycles. The SMILES string of the molecule is Cn1cnc(C(=O)O)c1-c1ccc2[nH]c(=O)oc2c1. The maximum Gasteiger partial charge on any atom is 0.417 e. The van der Waals surface area contributed by atoms with E-state index < -0.39 is 11.7 Å². The van der Waals surface area contributed by atoms with Crippen LogP contribution in [0.1, 0.15) is 10.5 Å². The molecule has 19 heavy (non-hydrogen) atoms. The fraction of sp³-hybridized carbons (Fsp3) is 0.0833. The first-order valence-electron chi connectivity index (χ1n) is 5.44. The molecule has 0 saturated heterocycles. The van der Waals surface area contributed by atoms with Crippen LogP contribution in [0.3, 0.4) is 0 Å². The predicted octanol–water partition coefficient (Wildman–Crippen LogP) is 1.22. The number of aromatic carboxylic acids is 1. The molecule has 7 nitrogen and oxygen atoms in total. The molecule has 0 bridgehead atoms. The Morgan fingerprint density at radius 3 is 3.00 bits per heavy atom. The van der Waals surface area contributed by atoms with Crippen LogP contribution in [0.2, 0.25) is 0 Å². The number of benzene rings is 1. The molecule has 0 saturated carbocycles. The van der Waals surface area contributed by atoms with Gasteiger partial charge in [0.2, 0.25) is 0 Å². The first kappa shape index (κ1) is 11.3. The number of aryl methyl sites for hydroxylation is 1. The minimum absolute atomic E-state index is 0.0419. The Hall–Kier alpha value is -2.83. The van der Waals surface area contributed by atoms with Gasteiger partial charge in [-0.25, -0.2) is 14.6 Å². The first-order chi connectivity index (χ1) is 9.06. The summed E-state index contributed by atoms with van der Waals surface area (Å²) < 4.78 is 6.57. The van der Waals surface area contributed by atoms with E-state index in [4.69, 9.17) is 9.52 Å². The van der Waals surface area contributed by atoms with Crippen LogP contribution in [0.15, 0.2) is 33.7 Å². The lowest BCUT2D eigenvalue weighted by Crippen LogP contribution is -2.01. The van der Waals surface area contributed by atoms with Gasteiger partial charge in [0.25, 0.3) is 0 Å². The van der Waals surface area contributed by atoms with Crippen LogP contribution in [0, 0.1) is 0 Å². The van der Waals surface area contributed by atoms with Crippen LogP contribution in [0.25, 0.3) is 22.4 Å². The number of aromatic amines is 1. The third-order valence-corrected chi connectivity index (χ3v) is 2.83. The van der Waals surface area contributed by atoms with E-state index in [-0.39, 0.29) is 5.69 Å². The van der Waals surface area contributed by atoms with Crippen LogP contribution in [0.5, 0.6) is 0 Å². The van der Waals surface area contributed by atoms with Gasteiger partial charge in [0.1, 0.15) is 0 Å². The minimum Gasteiger partial charge on any atom is -0.476 e. The van der Waals surface area contributed by atoms with E-state index in [1.54, 1.807) is 29.8 Å². The average molecular weight is 259 g/mol. The van der Waals surface area contributed by atoms with E-state index >= 15 is 0 Å². The van der Waals surface area contributed by atoms with Crippen LogP contribution in [0.4, 0.5) is 0 Å². The highest BCUT2D eigenvalue weighted by Crippen LogP contribution is 2.25. The largest absolute Gasteiger partial charge is 0.476 e. The van der Waals surface area contributed by atoms with E-state index in [1.165, 1.54) is 6.33 Å². The Kier molecular flexibility index (Phi) is 2.28. The van der Waals surface area contributed by atoms with Gasteiger partial charge in [-0.1, -0.05) is 6.07 Å². The number of hydrogen-bond acceptors (Lipinski definition) is 4. The summed E-state index contributed by atoms with van der Waals surface area (Å²) in [5.74, 6) is -1.65. The molecule has 0 spiro atoms. The maximum atomic E-state index is 11.1. The van der Waals surface area contributed by atoms with Crippen LogP contribution >= 0.6 is 0 Å². The summed E-state index contributed by atoms with van der Waals surface area (Å²) in [5.41, 5.74) is 1.97. The number of rotatable bonds is 2. The van der Waals surface area contributed by atoms with Crippen molar-refractivity contribution < 1.29 is 14.3 Å². The van der Waals surface area contributed by atoms with E-state index in [2.05, 4.69) is 9.97 Å². The van der Waals surface area contributed by atoms with Crippen molar-refractivity contribution in [3.05, 3.63) is 40.8 Å². The predicted molar refractivity (Wildman–Crippen MR) is 66.0 cm³/mol. The van der Waals surface area contributed by atoms with E-state index in [1.807, 2.05) is 0 Å². The Labute approximate surface area is 106 Å². The van der Waals surface area contributed by atoms with Gasteiger partial charge >= 0.3 is 11.7 Å². The summed E-state index contributed by atoms with van der Waals surface area (Å²) in [5, 5.41) is 9.10. The van der Waals surface area contributed by atoms with E-state index in [9.17, 15) is 9.59 Å². The van der Waals surface area contributed by atoms with Gasteiger partial charge < -0.3 is 14.1 Å². The van der Waals surface area contributed by atoms with Crippen molar-refractivity contribution >= 4 is 17.1 Å².